The van der Waals surface area contributed by atoms with Gasteiger partial charge >= 0.3 is 0 Å². The summed E-state index contributed by atoms with van der Waals surface area (Å²) < 4.78 is 0. The molecule has 22 heavy (non-hydrogen) atoms. The molecule has 1 N–H and O–H groups in total. The maximum absolute atomic E-state index is 5.98. The standard InChI is InChI=1S/C16H11ClN4S/c17-16-20-14(12-5-7-22-15(12)21-16)19-9-10-3-4-13-11(8-10)2-1-6-18-13/h1-8H,9H2,(H,19,20,21). The molecule has 0 saturated heterocycles. The summed E-state index contributed by atoms with van der Waals surface area (Å²) >= 11 is 7.53. The molecule has 4 nitrogen and oxygen atoms in total. The molecule has 0 aliphatic carbocycles. The second-order valence-electron chi connectivity index (χ2n) is 4.86. The van der Waals surface area contributed by atoms with Crippen LogP contribution in [-0.4, -0.2) is 15.0 Å². The van der Waals surface area contributed by atoms with Gasteiger partial charge in [0.2, 0.25) is 5.28 Å². The molecular formula is C16H11ClN4S. The Hall–Kier alpha value is -2.24. The largest absolute Gasteiger partial charge is 0.365 e. The molecule has 108 valence electrons. The van der Waals surface area contributed by atoms with Crippen molar-refractivity contribution in [2.45, 2.75) is 6.54 Å². The molecule has 0 aliphatic heterocycles. The normalized spacial score (nSPS) is 11.1. The number of anilines is 1. The molecule has 6 heteroatoms. The summed E-state index contributed by atoms with van der Waals surface area (Å²) in [5, 5.41) is 7.72. The van der Waals surface area contributed by atoms with Crippen LogP contribution < -0.4 is 5.32 Å². The van der Waals surface area contributed by atoms with Gasteiger partial charge in [0.05, 0.1) is 10.9 Å². The zero-order valence-electron chi connectivity index (χ0n) is 11.5. The van der Waals surface area contributed by atoms with E-state index in [0.717, 1.165) is 26.9 Å². The molecule has 4 aromatic rings. The van der Waals surface area contributed by atoms with Gasteiger partial charge in [-0.3, -0.25) is 4.98 Å². The Bertz CT molecular complexity index is 967. The Balaban J connectivity index is 1.63. The minimum Gasteiger partial charge on any atom is -0.365 e. The summed E-state index contributed by atoms with van der Waals surface area (Å²) in [4.78, 5) is 13.7. The number of hydrogen-bond acceptors (Lipinski definition) is 5. The van der Waals surface area contributed by atoms with Crippen molar-refractivity contribution in [1.29, 1.82) is 0 Å². The fourth-order valence-corrected chi connectivity index (χ4v) is 3.37. The van der Waals surface area contributed by atoms with Crippen molar-refractivity contribution in [1.82, 2.24) is 15.0 Å². The van der Waals surface area contributed by atoms with E-state index in [0.29, 0.717) is 6.54 Å². The molecular weight excluding hydrogens is 316 g/mol. The van der Waals surface area contributed by atoms with Gasteiger partial charge in [-0.15, -0.1) is 11.3 Å². The van der Waals surface area contributed by atoms with Crippen LogP contribution in [-0.2, 0) is 6.54 Å². The molecule has 0 fully saturated rings. The summed E-state index contributed by atoms with van der Waals surface area (Å²) in [6, 6.07) is 12.2. The Morgan fingerprint density at radius 1 is 1.14 bits per heavy atom. The molecule has 0 bridgehead atoms. The van der Waals surface area contributed by atoms with Gasteiger partial charge in [0.1, 0.15) is 10.6 Å². The highest BCUT2D eigenvalue weighted by atomic mass is 35.5. The number of aromatic nitrogens is 3. The van der Waals surface area contributed by atoms with Crippen molar-refractivity contribution in [3.05, 3.63) is 58.8 Å². The molecule has 0 amide bonds. The van der Waals surface area contributed by atoms with E-state index in [9.17, 15) is 0 Å². The molecule has 3 aromatic heterocycles. The van der Waals surface area contributed by atoms with Crippen molar-refractivity contribution in [2.24, 2.45) is 0 Å². The van der Waals surface area contributed by atoms with Gasteiger partial charge in [0, 0.05) is 18.1 Å². The second-order valence-corrected chi connectivity index (χ2v) is 6.10. The summed E-state index contributed by atoms with van der Waals surface area (Å²) in [5.41, 5.74) is 2.16. The molecule has 0 radical (unpaired) electrons. The third-order valence-electron chi connectivity index (χ3n) is 3.43. The van der Waals surface area contributed by atoms with Crippen LogP contribution in [0.15, 0.2) is 48.0 Å². The zero-order valence-corrected chi connectivity index (χ0v) is 13.0. The van der Waals surface area contributed by atoms with E-state index in [1.807, 2.05) is 23.6 Å². The van der Waals surface area contributed by atoms with E-state index in [1.54, 1.807) is 17.5 Å². The molecule has 3 heterocycles. The number of hydrogen-bond donors (Lipinski definition) is 1. The molecule has 4 rings (SSSR count). The van der Waals surface area contributed by atoms with E-state index >= 15 is 0 Å². The number of pyridine rings is 1. The molecule has 1 aromatic carbocycles. The molecule has 0 saturated carbocycles. The van der Waals surface area contributed by atoms with Crippen molar-refractivity contribution in [3.63, 3.8) is 0 Å². The van der Waals surface area contributed by atoms with Crippen LogP contribution in [0.4, 0.5) is 5.82 Å². The quantitative estimate of drug-likeness (QED) is 0.563. The SMILES string of the molecule is Clc1nc(NCc2ccc3ncccc3c2)c2ccsc2n1. The van der Waals surface area contributed by atoms with Crippen LogP contribution in [0, 0.1) is 0 Å². The maximum atomic E-state index is 5.98. The van der Waals surface area contributed by atoms with E-state index < -0.39 is 0 Å². The number of thiophene rings is 1. The smallest absolute Gasteiger partial charge is 0.225 e. The summed E-state index contributed by atoms with van der Waals surface area (Å²) in [6.45, 7) is 0.670. The van der Waals surface area contributed by atoms with Gasteiger partial charge in [0.25, 0.3) is 0 Å². The first-order valence-corrected chi connectivity index (χ1v) is 8.04. The first-order chi connectivity index (χ1) is 10.8. The predicted octanol–water partition coefficient (Wildman–Crippen LogP) is 4.51. The first kappa shape index (κ1) is 13.4. The lowest BCUT2D eigenvalue weighted by molar-refractivity contribution is 1.11. The third-order valence-corrected chi connectivity index (χ3v) is 4.40. The van der Waals surface area contributed by atoms with E-state index in [-0.39, 0.29) is 5.28 Å². The van der Waals surface area contributed by atoms with Gasteiger partial charge < -0.3 is 5.32 Å². The summed E-state index contributed by atoms with van der Waals surface area (Å²) in [7, 11) is 0. The lowest BCUT2D eigenvalue weighted by Crippen LogP contribution is -2.02. The number of nitrogens with one attached hydrogen (secondary N) is 1. The van der Waals surface area contributed by atoms with Gasteiger partial charge in [-0.1, -0.05) is 12.1 Å². The predicted molar refractivity (Wildman–Crippen MR) is 91.5 cm³/mol. The highest BCUT2D eigenvalue weighted by molar-refractivity contribution is 7.16. The minimum atomic E-state index is 0.264. The fourth-order valence-electron chi connectivity index (χ4n) is 2.38. The lowest BCUT2D eigenvalue weighted by Gasteiger charge is -2.08. The number of halogens is 1. The number of benzene rings is 1. The summed E-state index contributed by atoms with van der Waals surface area (Å²) in [6.07, 6.45) is 1.80. The van der Waals surface area contributed by atoms with Gasteiger partial charge in [-0.25, -0.2) is 9.97 Å². The Kier molecular flexibility index (Phi) is 3.36. The molecule has 0 atom stereocenters. The van der Waals surface area contributed by atoms with Crippen LogP contribution in [0.2, 0.25) is 5.28 Å². The summed E-state index contributed by atoms with van der Waals surface area (Å²) in [5.74, 6) is 0.766. The fraction of sp³-hybridized carbons (Fsp3) is 0.0625. The second kappa shape index (κ2) is 5.51. The average Bonchev–Trinajstić information content (AvgIpc) is 3.00. The Morgan fingerprint density at radius 3 is 3.05 bits per heavy atom. The first-order valence-electron chi connectivity index (χ1n) is 6.78. The Labute approximate surface area is 135 Å². The van der Waals surface area contributed by atoms with Crippen LogP contribution >= 0.6 is 22.9 Å². The average molecular weight is 327 g/mol. The van der Waals surface area contributed by atoms with E-state index in [4.69, 9.17) is 11.6 Å². The topological polar surface area (TPSA) is 50.7 Å². The van der Waals surface area contributed by atoms with Crippen LogP contribution in [0.25, 0.3) is 21.1 Å². The highest BCUT2D eigenvalue weighted by Crippen LogP contribution is 2.26. The van der Waals surface area contributed by atoms with Crippen molar-refractivity contribution in [2.75, 3.05) is 5.32 Å². The zero-order chi connectivity index (χ0) is 14.9. The van der Waals surface area contributed by atoms with Crippen LogP contribution in [0.5, 0.6) is 0 Å². The molecule has 0 aliphatic rings. The van der Waals surface area contributed by atoms with E-state index in [1.165, 1.54) is 5.56 Å². The van der Waals surface area contributed by atoms with Gasteiger partial charge in [-0.05, 0) is 46.8 Å². The van der Waals surface area contributed by atoms with Gasteiger partial charge in [0.15, 0.2) is 0 Å². The van der Waals surface area contributed by atoms with E-state index in [2.05, 4.69) is 38.5 Å². The van der Waals surface area contributed by atoms with Crippen LogP contribution in [0.3, 0.4) is 0 Å². The van der Waals surface area contributed by atoms with Gasteiger partial charge in [-0.2, -0.15) is 0 Å². The van der Waals surface area contributed by atoms with Crippen LogP contribution in [0.1, 0.15) is 5.56 Å². The number of fused-ring (bicyclic) bond motifs is 2. The third kappa shape index (κ3) is 2.49. The van der Waals surface area contributed by atoms with Crippen molar-refractivity contribution >= 4 is 49.9 Å². The monoisotopic (exact) mass is 326 g/mol. The van der Waals surface area contributed by atoms with Crippen molar-refractivity contribution < 1.29 is 0 Å². The molecule has 0 unspecified atom stereocenters. The number of nitrogens with zero attached hydrogens (tertiary/aromatic N) is 3. The highest BCUT2D eigenvalue weighted by Gasteiger charge is 2.07. The molecule has 0 spiro atoms. The van der Waals surface area contributed by atoms with Crippen molar-refractivity contribution in [3.8, 4) is 0 Å². The number of rotatable bonds is 3. The lowest BCUT2D eigenvalue weighted by atomic mass is 10.1. The minimum absolute atomic E-state index is 0.264. The maximum Gasteiger partial charge on any atom is 0.225 e. The Morgan fingerprint density at radius 2 is 2.09 bits per heavy atom.